The Hall–Kier alpha value is -2.24. The molecular weight excluding hydrogens is 238 g/mol. The summed E-state index contributed by atoms with van der Waals surface area (Å²) < 4.78 is 0. The van der Waals surface area contributed by atoms with Crippen LogP contribution in [0.1, 0.15) is 23.7 Å². The van der Waals surface area contributed by atoms with Gasteiger partial charge < -0.3 is 20.6 Å². The number of carbonyl (C=O) groups is 2. The lowest BCUT2D eigenvalue weighted by atomic mass is 10.1. The van der Waals surface area contributed by atoms with Crippen molar-refractivity contribution in [1.29, 1.82) is 0 Å². The molecule has 0 aromatic heterocycles. The number of nitrogens with one attached hydrogen (secondary N) is 1. The van der Waals surface area contributed by atoms with Crippen LogP contribution in [0.25, 0.3) is 0 Å². The predicted octanol–water partition coefficient (Wildman–Crippen LogP) is 0.938. The number of aliphatic carboxylic acids is 1. The number of carboxylic acids is 1. The molecule has 0 spiro atoms. The van der Waals surface area contributed by atoms with E-state index < -0.39 is 17.8 Å². The topological polar surface area (TPSA) is 107 Å². The van der Waals surface area contributed by atoms with Crippen molar-refractivity contribution in [1.82, 2.24) is 5.32 Å². The molecule has 0 saturated carbocycles. The first kappa shape index (κ1) is 13.8. The van der Waals surface area contributed by atoms with Gasteiger partial charge in [0.05, 0.1) is 11.5 Å². The average Bonchev–Trinajstić information content (AvgIpc) is 2.31. The van der Waals surface area contributed by atoms with Crippen molar-refractivity contribution in [3.63, 3.8) is 0 Å². The summed E-state index contributed by atoms with van der Waals surface area (Å²) in [7, 11) is 0. The maximum Gasteiger partial charge on any atom is 0.306 e. The number of carboxylic acid groups (broad SMARTS) is 1. The first-order chi connectivity index (χ1) is 8.41. The molecule has 6 heteroatoms. The SMILES string of the molecule is CC(CCNC(=O)c1cc(O)ccc1O)C(=O)O. The largest absolute Gasteiger partial charge is 0.508 e. The molecule has 6 nitrogen and oxygen atoms in total. The molecule has 0 fully saturated rings. The molecule has 0 aliphatic heterocycles. The van der Waals surface area contributed by atoms with Crippen LogP contribution in [0, 0.1) is 5.92 Å². The Labute approximate surface area is 104 Å². The van der Waals surface area contributed by atoms with E-state index in [2.05, 4.69) is 5.32 Å². The van der Waals surface area contributed by atoms with E-state index in [1.54, 1.807) is 6.92 Å². The van der Waals surface area contributed by atoms with E-state index in [9.17, 15) is 19.8 Å². The number of carbonyl (C=O) groups excluding carboxylic acids is 1. The van der Waals surface area contributed by atoms with E-state index in [4.69, 9.17) is 5.11 Å². The van der Waals surface area contributed by atoms with E-state index in [-0.39, 0.29) is 23.6 Å². The first-order valence-electron chi connectivity index (χ1n) is 5.44. The minimum atomic E-state index is -0.926. The van der Waals surface area contributed by atoms with Gasteiger partial charge in [0.1, 0.15) is 11.5 Å². The van der Waals surface area contributed by atoms with Crippen LogP contribution in [-0.4, -0.2) is 33.7 Å². The van der Waals surface area contributed by atoms with Crippen molar-refractivity contribution < 1.29 is 24.9 Å². The van der Waals surface area contributed by atoms with Crippen molar-refractivity contribution in [2.75, 3.05) is 6.54 Å². The molecule has 1 rings (SSSR count). The zero-order valence-corrected chi connectivity index (χ0v) is 9.88. The zero-order valence-electron chi connectivity index (χ0n) is 9.88. The molecule has 0 bridgehead atoms. The molecular formula is C12H15NO5. The van der Waals surface area contributed by atoms with Crippen LogP contribution in [0.3, 0.4) is 0 Å². The number of hydrogen-bond donors (Lipinski definition) is 4. The second-order valence-electron chi connectivity index (χ2n) is 3.99. The number of benzene rings is 1. The molecule has 0 saturated heterocycles. The second kappa shape index (κ2) is 5.90. The number of phenolic OH excluding ortho intramolecular Hbond substituents is 2. The zero-order chi connectivity index (χ0) is 13.7. The fraction of sp³-hybridized carbons (Fsp3) is 0.333. The Morgan fingerprint density at radius 2 is 2.00 bits per heavy atom. The quantitative estimate of drug-likeness (QED) is 0.584. The molecule has 1 aromatic rings. The van der Waals surface area contributed by atoms with Gasteiger partial charge in [0, 0.05) is 6.54 Å². The monoisotopic (exact) mass is 253 g/mol. The Kier molecular flexibility index (Phi) is 4.53. The summed E-state index contributed by atoms with van der Waals surface area (Å²) in [4.78, 5) is 22.2. The molecule has 1 unspecified atom stereocenters. The van der Waals surface area contributed by atoms with Crippen molar-refractivity contribution in [3.8, 4) is 11.5 Å². The Bertz CT molecular complexity index is 458. The lowest BCUT2D eigenvalue weighted by Crippen LogP contribution is -2.27. The summed E-state index contributed by atoms with van der Waals surface area (Å²) in [5.41, 5.74) is -0.0435. The van der Waals surface area contributed by atoms with E-state index >= 15 is 0 Å². The molecule has 1 amide bonds. The molecule has 1 aromatic carbocycles. The second-order valence-corrected chi connectivity index (χ2v) is 3.99. The minimum Gasteiger partial charge on any atom is -0.508 e. The highest BCUT2D eigenvalue weighted by Gasteiger charge is 2.14. The van der Waals surface area contributed by atoms with E-state index in [1.165, 1.54) is 12.1 Å². The smallest absolute Gasteiger partial charge is 0.306 e. The number of hydrogen-bond acceptors (Lipinski definition) is 4. The van der Waals surface area contributed by atoms with Gasteiger partial charge in [-0.3, -0.25) is 9.59 Å². The highest BCUT2D eigenvalue weighted by molar-refractivity contribution is 5.97. The van der Waals surface area contributed by atoms with Crippen LogP contribution >= 0.6 is 0 Å². The van der Waals surface area contributed by atoms with E-state index in [1.807, 2.05) is 0 Å². The molecule has 0 heterocycles. The van der Waals surface area contributed by atoms with Crippen molar-refractivity contribution in [3.05, 3.63) is 23.8 Å². The third kappa shape index (κ3) is 3.65. The van der Waals surface area contributed by atoms with Gasteiger partial charge in [-0.2, -0.15) is 0 Å². The van der Waals surface area contributed by atoms with Gasteiger partial charge >= 0.3 is 5.97 Å². The van der Waals surface area contributed by atoms with Gasteiger partial charge in [0.15, 0.2) is 0 Å². The number of rotatable bonds is 5. The Morgan fingerprint density at radius 1 is 1.33 bits per heavy atom. The lowest BCUT2D eigenvalue weighted by Gasteiger charge is -2.09. The van der Waals surface area contributed by atoms with Crippen LogP contribution in [0.2, 0.25) is 0 Å². The molecule has 0 aliphatic carbocycles. The standard InChI is InChI=1S/C12H15NO5/c1-7(12(17)18)4-5-13-11(16)9-6-8(14)2-3-10(9)15/h2-3,6-7,14-15H,4-5H2,1H3,(H,13,16)(H,17,18). The molecule has 4 N–H and O–H groups in total. The average molecular weight is 253 g/mol. The summed E-state index contributed by atoms with van der Waals surface area (Å²) in [6.07, 6.45) is 0.292. The fourth-order valence-corrected chi connectivity index (χ4v) is 1.33. The number of phenols is 2. The van der Waals surface area contributed by atoms with Crippen molar-refractivity contribution in [2.45, 2.75) is 13.3 Å². The third-order valence-corrected chi connectivity index (χ3v) is 2.51. The number of aromatic hydroxyl groups is 2. The Balaban J connectivity index is 2.55. The summed E-state index contributed by atoms with van der Waals surface area (Å²) in [6.45, 7) is 1.72. The molecule has 98 valence electrons. The Morgan fingerprint density at radius 3 is 2.61 bits per heavy atom. The molecule has 1 atom stereocenters. The molecule has 18 heavy (non-hydrogen) atoms. The number of amides is 1. The lowest BCUT2D eigenvalue weighted by molar-refractivity contribution is -0.141. The van der Waals surface area contributed by atoms with Crippen LogP contribution < -0.4 is 5.32 Å². The van der Waals surface area contributed by atoms with Gasteiger partial charge in [-0.25, -0.2) is 0 Å². The van der Waals surface area contributed by atoms with Crippen LogP contribution in [0.4, 0.5) is 0 Å². The normalized spacial score (nSPS) is 11.8. The van der Waals surface area contributed by atoms with Crippen LogP contribution in [-0.2, 0) is 4.79 Å². The van der Waals surface area contributed by atoms with Gasteiger partial charge in [-0.1, -0.05) is 6.92 Å². The first-order valence-corrected chi connectivity index (χ1v) is 5.44. The van der Waals surface area contributed by atoms with E-state index in [0.717, 1.165) is 6.07 Å². The highest BCUT2D eigenvalue weighted by atomic mass is 16.4. The molecule has 0 radical (unpaired) electrons. The van der Waals surface area contributed by atoms with Crippen LogP contribution in [0.15, 0.2) is 18.2 Å². The minimum absolute atomic E-state index is 0.0435. The van der Waals surface area contributed by atoms with Crippen molar-refractivity contribution in [2.24, 2.45) is 5.92 Å². The highest BCUT2D eigenvalue weighted by Crippen LogP contribution is 2.21. The summed E-state index contributed by atoms with van der Waals surface area (Å²) in [5, 5.41) is 29.8. The van der Waals surface area contributed by atoms with E-state index in [0.29, 0.717) is 6.42 Å². The third-order valence-electron chi connectivity index (χ3n) is 2.51. The fourth-order valence-electron chi connectivity index (χ4n) is 1.33. The summed E-state index contributed by atoms with van der Waals surface area (Å²) in [5.74, 6) is -2.40. The van der Waals surface area contributed by atoms with Crippen LogP contribution in [0.5, 0.6) is 11.5 Å². The van der Waals surface area contributed by atoms with Gasteiger partial charge in [-0.15, -0.1) is 0 Å². The van der Waals surface area contributed by atoms with Gasteiger partial charge in [0.25, 0.3) is 5.91 Å². The van der Waals surface area contributed by atoms with Gasteiger partial charge in [0.2, 0.25) is 0 Å². The van der Waals surface area contributed by atoms with Gasteiger partial charge in [-0.05, 0) is 24.6 Å². The predicted molar refractivity (Wildman–Crippen MR) is 63.5 cm³/mol. The maximum absolute atomic E-state index is 11.6. The molecule has 0 aliphatic rings. The summed E-state index contributed by atoms with van der Waals surface area (Å²) >= 11 is 0. The maximum atomic E-state index is 11.6. The van der Waals surface area contributed by atoms with Crippen molar-refractivity contribution >= 4 is 11.9 Å². The summed E-state index contributed by atoms with van der Waals surface area (Å²) in [6, 6.07) is 3.62.